The molecule has 2 aromatic rings. The van der Waals surface area contributed by atoms with Crippen LogP contribution < -0.4 is 5.32 Å². The van der Waals surface area contributed by atoms with Crippen LogP contribution in [0.3, 0.4) is 0 Å². The molecule has 0 bridgehead atoms. The molecule has 140 valence electrons. The van der Waals surface area contributed by atoms with Crippen molar-refractivity contribution in [2.45, 2.75) is 18.6 Å². The molecule has 2 N–H and O–H groups in total. The number of hydrogen-bond donors (Lipinski definition) is 2. The fraction of sp³-hybridized carbons (Fsp3) is 0.286. The number of aliphatic hydroxyl groups excluding tert-OH is 1. The molecule has 0 aliphatic carbocycles. The first-order chi connectivity index (χ1) is 12.2. The van der Waals surface area contributed by atoms with E-state index in [1.165, 1.54) is 0 Å². The highest BCUT2D eigenvalue weighted by molar-refractivity contribution is 5.99. The van der Waals surface area contributed by atoms with Gasteiger partial charge in [0.2, 0.25) is 0 Å². The second kappa shape index (κ2) is 12.4. The molecule has 2 rings (SSSR count). The van der Waals surface area contributed by atoms with Crippen LogP contribution in [0.2, 0.25) is 0 Å². The molecule has 5 heteroatoms. The van der Waals surface area contributed by atoms with Crippen molar-refractivity contribution < 1.29 is 14.6 Å². The van der Waals surface area contributed by atoms with E-state index >= 15 is 0 Å². The van der Waals surface area contributed by atoms with Gasteiger partial charge in [-0.1, -0.05) is 66.7 Å². The van der Waals surface area contributed by atoms with Gasteiger partial charge in [-0.2, -0.15) is 0 Å². The van der Waals surface area contributed by atoms with Crippen molar-refractivity contribution in [1.82, 2.24) is 5.32 Å². The van der Waals surface area contributed by atoms with Gasteiger partial charge in [-0.05, 0) is 5.56 Å². The molecule has 2 aromatic carbocycles. The van der Waals surface area contributed by atoms with Crippen LogP contribution in [0.5, 0.6) is 0 Å². The molecule has 0 radical (unpaired) electrons. The van der Waals surface area contributed by atoms with Gasteiger partial charge in [0, 0.05) is 25.1 Å². The molecule has 0 saturated carbocycles. The minimum Gasteiger partial charge on any atom is -0.389 e. The maximum absolute atomic E-state index is 12.8. The molecule has 0 aliphatic heterocycles. The lowest BCUT2D eigenvalue weighted by atomic mass is 10.00. The van der Waals surface area contributed by atoms with Gasteiger partial charge in [0.05, 0.1) is 12.7 Å². The highest BCUT2D eigenvalue weighted by Crippen LogP contribution is 2.13. The van der Waals surface area contributed by atoms with Crippen LogP contribution in [0, 0.1) is 0 Å². The third kappa shape index (κ3) is 7.50. The van der Waals surface area contributed by atoms with Crippen molar-refractivity contribution in [2.24, 2.45) is 0 Å². The Kier molecular flexibility index (Phi) is 10.5. The molecule has 0 saturated heterocycles. The summed E-state index contributed by atoms with van der Waals surface area (Å²) in [5.74, 6) is -0.0734. The minimum atomic E-state index is -0.679. The molecule has 26 heavy (non-hydrogen) atoms. The van der Waals surface area contributed by atoms with Crippen molar-refractivity contribution in [3.63, 3.8) is 0 Å². The third-order valence-corrected chi connectivity index (χ3v) is 3.77. The van der Waals surface area contributed by atoms with Crippen molar-refractivity contribution in [3.05, 3.63) is 84.4 Å². The minimum absolute atomic E-state index is 0. The number of ether oxygens (including phenoxy) is 1. The lowest BCUT2D eigenvalue weighted by molar-refractivity contribution is -0.00142. The van der Waals surface area contributed by atoms with Gasteiger partial charge in [-0.3, -0.25) is 4.79 Å². The number of carbonyl (C=O) groups is 1. The Balaban J connectivity index is 0.00000338. The first-order valence-corrected chi connectivity index (χ1v) is 8.45. The zero-order chi connectivity index (χ0) is 17.9. The Morgan fingerprint density at radius 3 is 2.35 bits per heavy atom. The maximum atomic E-state index is 12.8. The number of Topliss-reactive ketones (excluding diaryl/α,β-unsaturated/α-hetero) is 1. The van der Waals surface area contributed by atoms with Crippen LogP contribution in [0.25, 0.3) is 0 Å². The van der Waals surface area contributed by atoms with Gasteiger partial charge >= 0.3 is 0 Å². The lowest BCUT2D eigenvalue weighted by Gasteiger charge is -2.19. The van der Waals surface area contributed by atoms with E-state index < -0.39 is 12.2 Å². The number of carbonyl (C=O) groups excluding carboxylic acids is 1. The number of halogens is 1. The topological polar surface area (TPSA) is 58.6 Å². The van der Waals surface area contributed by atoms with Crippen LogP contribution in [-0.4, -0.2) is 42.8 Å². The fourth-order valence-corrected chi connectivity index (χ4v) is 2.48. The maximum Gasteiger partial charge on any atom is 0.191 e. The predicted molar refractivity (Wildman–Crippen MR) is 107 cm³/mol. The second-order valence-electron chi connectivity index (χ2n) is 5.84. The van der Waals surface area contributed by atoms with Crippen LogP contribution in [0.1, 0.15) is 15.9 Å². The smallest absolute Gasteiger partial charge is 0.191 e. The largest absolute Gasteiger partial charge is 0.389 e. The van der Waals surface area contributed by atoms with Gasteiger partial charge < -0.3 is 15.2 Å². The van der Waals surface area contributed by atoms with Gasteiger partial charge in [-0.25, -0.2) is 0 Å². The van der Waals surface area contributed by atoms with Crippen molar-refractivity contribution in [1.29, 1.82) is 0 Å². The SMILES string of the molecule is C=CCNCC(O)COC(Cc1ccccc1)C(=O)c1ccccc1.Cl. The standard InChI is InChI=1S/C21H25NO3.ClH/c1-2-13-22-15-19(23)16-25-20(14-17-9-5-3-6-10-17)21(24)18-11-7-4-8-12-18;/h2-12,19-20,22-23H,1,13-16H2;1H. The molecule has 0 amide bonds. The average molecular weight is 376 g/mol. The molecule has 0 fully saturated rings. The molecular formula is C21H26ClNO3. The number of rotatable bonds is 11. The monoisotopic (exact) mass is 375 g/mol. The molecular weight excluding hydrogens is 350 g/mol. The van der Waals surface area contributed by atoms with E-state index in [0.717, 1.165) is 5.56 Å². The van der Waals surface area contributed by atoms with Gasteiger partial charge in [0.1, 0.15) is 6.10 Å². The summed E-state index contributed by atoms with van der Waals surface area (Å²) < 4.78 is 5.79. The van der Waals surface area contributed by atoms with E-state index in [0.29, 0.717) is 25.1 Å². The summed E-state index contributed by atoms with van der Waals surface area (Å²) in [5.41, 5.74) is 1.64. The second-order valence-corrected chi connectivity index (χ2v) is 5.84. The summed E-state index contributed by atoms with van der Waals surface area (Å²) in [6.45, 7) is 4.72. The van der Waals surface area contributed by atoms with Crippen LogP contribution in [-0.2, 0) is 11.2 Å². The number of benzene rings is 2. The van der Waals surface area contributed by atoms with Crippen molar-refractivity contribution >= 4 is 18.2 Å². The quantitative estimate of drug-likeness (QED) is 0.360. The van der Waals surface area contributed by atoms with Crippen molar-refractivity contribution in [3.8, 4) is 0 Å². The third-order valence-electron chi connectivity index (χ3n) is 3.77. The summed E-state index contributed by atoms with van der Waals surface area (Å²) in [4.78, 5) is 12.8. The van der Waals surface area contributed by atoms with Crippen molar-refractivity contribution in [2.75, 3.05) is 19.7 Å². The molecule has 0 aromatic heterocycles. The summed E-state index contributed by atoms with van der Waals surface area (Å²) in [5, 5.41) is 13.0. The Hall–Kier alpha value is -1.98. The van der Waals surface area contributed by atoms with E-state index in [2.05, 4.69) is 11.9 Å². The van der Waals surface area contributed by atoms with Crippen LogP contribution in [0.15, 0.2) is 73.3 Å². The van der Waals surface area contributed by atoms with Crippen LogP contribution in [0.4, 0.5) is 0 Å². The van der Waals surface area contributed by atoms with E-state index in [4.69, 9.17) is 4.74 Å². The summed E-state index contributed by atoms with van der Waals surface area (Å²) in [6, 6.07) is 18.9. The molecule has 2 unspecified atom stereocenters. The Morgan fingerprint density at radius 1 is 1.12 bits per heavy atom. The van der Waals surface area contributed by atoms with Gasteiger partial charge in [0.25, 0.3) is 0 Å². The normalized spacial score (nSPS) is 12.7. The highest BCUT2D eigenvalue weighted by Gasteiger charge is 2.22. The Labute approximate surface area is 161 Å². The first-order valence-electron chi connectivity index (χ1n) is 8.45. The molecule has 0 aliphatic rings. The molecule has 2 atom stereocenters. The average Bonchev–Trinajstić information content (AvgIpc) is 2.66. The lowest BCUT2D eigenvalue weighted by Crippen LogP contribution is -2.35. The Morgan fingerprint density at radius 2 is 1.73 bits per heavy atom. The Bertz CT molecular complexity index is 649. The van der Waals surface area contributed by atoms with E-state index in [-0.39, 0.29) is 24.8 Å². The molecule has 0 heterocycles. The zero-order valence-corrected chi connectivity index (χ0v) is 15.5. The van der Waals surface area contributed by atoms with E-state index in [1.807, 2.05) is 48.5 Å². The highest BCUT2D eigenvalue weighted by atomic mass is 35.5. The van der Waals surface area contributed by atoms with E-state index in [9.17, 15) is 9.90 Å². The number of aliphatic hydroxyl groups is 1. The summed E-state index contributed by atoms with van der Waals surface area (Å²) in [6.07, 6.45) is 0.896. The van der Waals surface area contributed by atoms with Gasteiger partial charge in [-0.15, -0.1) is 19.0 Å². The number of hydrogen-bond acceptors (Lipinski definition) is 4. The zero-order valence-electron chi connectivity index (χ0n) is 14.7. The fourth-order valence-electron chi connectivity index (χ4n) is 2.48. The first kappa shape index (κ1) is 22.1. The van der Waals surface area contributed by atoms with Gasteiger partial charge in [0.15, 0.2) is 5.78 Å². The molecule has 0 spiro atoms. The number of nitrogens with one attached hydrogen (secondary N) is 1. The van der Waals surface area contributed by atoms with Crippen LogP contribution >= 0.6 is 12.4 Å². The number of ketones is 1. The van der Waals surface area contributed by atoms with E-state index in [1.54, 1.807) is 18.2 Å². The summed E-state index contributed by atoms with van der Waals surface area (Å²) in [7, 11) is 0. The molecule has 4 nitrogen and oxygen atoms in total. The predicted octanol–water partition coefficient (Wildman–Crippen LogP) is 3.06. The summed E-state index contributed by atoms with van der Waals surface area (Å²) >= 11 is 0.